The van der Waals surface area contributed by atoms with Crippen LogP contribution in [0.15, 0.2) is 18.2 Å². The number of nitro benzene ring substituents is 1. The number of hydrogen-bond acceptors (Lipinski definition) is 4. The molecule has 2 N–H and O–H groups in total. The quantitative estimate of drug-likeness (QED) is 0.609. The van der Waals surface area contributed by atoms with E-state index in [1.165, 1.54) is 6.07 Å². The monoisotopic (exact) mass is 223 g/mol. The summed E-state index contributed by atoms with van der Waals surface area (Å²) in [5.41, 5.74) is 7.24. The Morgan fingerprint density at radius 3 is 2.69 bits per heavy atom. The van der Waals surface area contributed by atoms with Crippen LogP contribution in [-0.4, -0.2) is 24.6 Å². The van der Waals surface area contributed by atoms with Crippen LogP contribution in [0.1, 0.15) is 12.5 Å². The number of nitrogens with zero attached hydrogens (tertiary/aromatic N) is 2. The van der Waals surface area contributed by atoms with Gasteiger partial charge in [0.1, 0.15) is 5.69 Å². The van der Waals surface area contributed by atoms with Crippen LogP contribution in [0, 0.1) is 17.0 Å². The molecule has 1 rings (SSSR count). The maximum atomic E-state index is 10.9. The molecular weight excluding hydrogens is 206 g/mol. The van der Waals surface area contributed by atoms with Gasteiger partial charge in [-0.05, 0) is 19.4 Å². The third-order valence-corrected chi connectivity index (χ3v) is 2.51. The van der Waals surface area contributed by atoms with E-state index in [0.29, 0.717) is 25.3 Å². The lowest BCUT2D eigenvalue weighted by molar-refractivity contribution is -0.384. The van der Waals surface area contributed by atoms with Gasteiger partial charge in [-0.2, -0.15) is 0 Å². The lowest BCUT2D eigenvalue weighted by atomic mass is 10.1. The van der Waals surface area contributed by atoms with Crippen molar-refractivity contribution < 1.29 is 4.92 Å². The molecule has 0 aliphatic rings. The van der Waals surface area contributed by atoms with Crippen molar-refractivity contribution in [3.63, 3.8) is 0 Å². The number of nitro groups is 1. The number of benzene rings is 1. The number of aryl methyl sites for hydroxylation is 1. The van der Waals surface area contributed by atoms with Gasteiger partial charge in [-0.3, -0.25) is 10.1 Å². The molecule has 0 heterocycles. The minimum atomic E-state index is -0.346. The van der Waals surface area contributed by atoms with Crippen molar-refractivity contribution in [1.82, 2.24) is 0 Å². The van der Waals surface area contributed by atoms with E-state index >= 15 is 0 Å². The standard InChI is InChI=1S/C11H17N3O2/c1-3-13(8-7-12)11-9(2)5-4-6-10(11)14(15)16/h4-6H,3,7-8,12H2,1-2H3. The molecule has 1 aromatic carbocycles. The SMILES string of the molecule is CCN(CCN)c1c(C)cccc1[N+](=O)[O-]. The van der Waals surface area contributed by atoms with Gasteiger partial charge in [0.05, 0.1) is 4.92 Å². The Morgan fingerprint density at radius 2 is 2.19 bits per heavy atom. The summed E-state index contributed by atoms with van der Waals surface area (Å²) >= 11 is 0. The number of nitrogens with two attached hydrogens (primary N) is 1. The molecule has 0 aromatic heterocycles. The van der Waals surface area contributed by atoms with Crippen LogP contribution < -0.4 is 10.6 Å². The van der Waals surface area contributed by atoms with Gasteiger partial charge in [0.15, 0.2) is 0 Å². The summed E-state index contributed by atoms with van der Waals surface area (Å²) in [6.45, 7) is 5.66. The van der Waals surface area contributed by atoms with Crippen LogP contribution in [0.2, 0.25) is 0 Å². The lowest BCUT2D eigenvalue weighted by Crippen LogP contribution is -2.30. The van der Waals surface area contributed by atoms with Gasteiger partial charge in [0.25, 0.3) is 5.69 Å². The fourth-order valence-corrected chi connectivity index (χ4v) is 1.79. The normalized spacial score (nSPS) is 10.2. The molecule has 0 spiro atoms. The topological polar surface area (TPSA) is 72.4 Å². The van der Waals surface area contributed by atoms with Gasteiger partial charge >= 0.3 is 0 Å². The van der Waals surface area contributed by atoms with Crippen molar-refractivity contribution >= 4 is 11.4 Å². The number of para-hydroxylation sites is 1. The fraction of sp³-hybridized carbons (Fsp3) is 0.455. The van der Waals surface area contributed by atoms with Crippen LogP contribution in [0.3, 0.4) is 0 Å². The molecule has 1 aromatic rings. The Labute approximate surface area is 95.0 Å². The van der Waals surface area contributed by atoms with E-state index in [4.69, 9.17) is 5.73 Å². The first-order chi connectivity index (χ1) is 7.61. The molecule has 0 aliphatic heterocycles. The molecular formula is C11H17N3O2. The highest BCUT2D eigenvalue weighted by molar-refractivity contribution is 5.67. The van der Waals surface area contributed by atoms with Crippen LogP contribution in [0.4, 0.5) is 11.4 Å². The smallest absolute Gasteiger partial charge is 0.292 e. The number of rotatable bonds is 5. The van der Waals surface area contributed by atoms with Gasteiger partial charge in [-0.15, -0.1) is 0 Å². The molecule has 0 amide bonds. The molecule has 5 nitrogen and oxygen atoms in total. The van der Waals surface area contributed by atoms with Crippen molar-refractivity contribution in [1.29, 1.82) is 0 Å². The number of hydrogen-bond donors (Lipinski definition) is 1. The lowest BCUT2D eigenvalue weighted by Gasteiger charge is -2.23. The molecule has 16 heavy (non-hydrogen) atoms. The van der Waals surface area contributed by atoms with Crippen molar-refractivity contribution in [3.8, 4) is 0 Å². The largest absolute Gasteiger partial charge is 0.365 e. The van der Waals surface area contributed by atoms with Crippen molar-refractivity contribution in [2.75, 3.05) is 24.5 Å². The molecule has 0 saturated carbocycles. The molecule has 0 aliphatic carbocycles. The van der Waals surface area contributed by atoms with Crippen LogP contribution in [0.25, 0.3) is 0 Å². The van der Waals surface area contributed by atoms with E-state index < -0.39 is 0 Å². The van der Waals surface area contributed by atoms with E-state index in [0.717, 1.165) is 5.56 Å². The van der Waals surface area contributed by atoms with Crippen molar-refractivity contribution in [2.45, 2.75) is 13.8 Å². The zero-order chi connectivity index (χ0) is 12.1. The first kappa shape index (κ1) is 12.4. The molecule has 0 atom stereocenters. The Morgan fingerprint density at radius 1 is 1.50 bits per heavy atom. The first-order valence-corrected chi connectivity index (χ1v) is 5.30. The highest BCUT2D eigenvalue weighted by atomic mass is 16.6. The van der Waals surface area contributed by atoms with Crippen LogP contribution in [-0.2, 0) is 0 Å². The summed E-state index contributed by atoms with van der Waals surface area (Å²) in [6.07, 6.45) is 0. The average molecular weight is 223 g/mol. The number of anilines is 1. The van der Waals surface area contributed by atoms with E-state index in [1.807, 2.05) is 24.8 Å². The van der Waals surface area contributed by atoms with Gasteiger partial charge in [0, 0.05) is 25.7 Å². The van der Waals surface area contributed by atoms with Gasteiger partial charge < -0.3 is 10.6 Å². The molecule has 0 fully saturated rings. The van der Waals surface area contributed by atoms with E-state index in [1.54, 1.807) is 6.07 Å². The maximum Gasteiger partial charge on any atom is 0.292 e. The molecule has 0 radical (unpaired) electrons. The molecule has 0 bridgehead atoms. The Bertz CT molecular complexity index is 379. The van der Waals surface area contributed by atoms with Crippen LogP contribution in [0.5, 0.6) is 0 Å². The third kappa shape index (κ3) is 2.49. The zero-order valence-corrected chi connectivity index (χ0v) is 9.64. The number of likely N-dealkylation sites (N-methyl/N-ethyl adjacent to an activating group) is 1. The predicted molar refractivity (Wildman–Crippen MR) is 64.8 cm³/mol. The predicted octanol–water partition coefficient (Wildman–Crippen LogP) is 1.69. The Kier molecular flexibility index (Phi) is 4.25. The first-order valence-electron chi connectivity index (χ1n) is 5.30. The van der Waals surface area contributed by atoms with Crippen molar-refractivity contribution in [3.05, 3.63) is 33.9 Å². The van der Waals surface area contributed by atoms with Crippen LogP contribution >= 0.6 is 0 Å². The Hall–Kier alpha value is -1.62. The zero-order valence-electron chi connectivity index (χ0n) is 9.64. The molecule has 5 heteroatoms. The third-order valence-electron chi connectivity index (χ3n) is 2.51. The molecule has 0 unspecified atom stereocenters. The average Bonchev–Trinajstić information content (AvgIpc) is 2.26. The summed E-state index contributed by atoms with van der Waals surface area (Å²) < 4.78 is 0. The minimum absolute atomic E-state index is 0.148. The van der Waals surface area contributed by atoms with E-state index in [9.17, 15) is 10.1 Å². The van der Waals surface area contributed by atoms with Gasteiger partial charge in [-0.25, -0.2) is 0 Å². The second kappa shape index (κ2) is 5.46. The highest BCUT2D eigenvalue weighted by Crippen LogP contribution is 2.31. The maximum absolute atomic E-state index is 10.9. The summed E-state index contributed by atoms with van der Waals surface area (Å²) in [5.74, 6) is 0. The minimum Gasteiger partial charge on any atom is -0.365 e. The summed E-state index contributed by atoms with van der Waals surface area (Å²) in [5, 5.41) is 10.9. The second-order valence-electron chi connectivity index (χ2n) is 3.57. The fourth-order valence-electron chi connectivity index (χ4n) is 1.79. The Balaban J connectivity index is 3.22. The molecule has 0 saturated heterocycles. The van der Waals surface area contributed by atoms with E-state index in [2.05, 4.69) is 0 Å². The van der Waals surface area contributed by atoms with Gasteiger partial charge in [0.2, 0.25) is 0 Å². The molecule has 88 valence electrons. The second-order valence-corrected chi connectivity index (χ2v) is 3.57. The summed E-state index contributed by atoms with van der Waals surface area (Å²) in [4.78, 5) is 12.5. The van der Waals surface area contributed by atoms with Gasteiger partial charge in [-0.1, -0.05) is 12.1 Å². The van der Waals surface area contributed by atoms with E-state index in [-0.39, 0.29) is 10.6 Å². The summed E-state index contributed by atoms with van der Waals surface area (Å²) in [6, 6.07) is 5.11. The van der Waals surface area contributed by atoms with Crippen molar-refractivity contribution in [2.24, 2.45) is 5.73 Å². The highest BCUT2D eigenvalue weighted by Gasteiger charge is 2.19. The summed E-state index contributed by atoms with van der Waals surface area (Å²) in [7, 11) is 0.